The normalized spacial score (nSPS) is 9.80. The lowest BCUT2D eigenvalue weighted by Crippen LogP contribution is -2.01. The lowest BCUT2D eigenvalue weighted by Gasteiger charge is -1.98. The van der Waals surface area contributed by atoms with Gasteiger partial charge in [-0.15, -0.1) is 0 Å². The fraction of sp³-hybridized carbons (Fsp3) is 0.833. The summed E-state index contributed by atoms with van der Waals surface area (Å²) in [4.78, 5) is 0. The summed E-state index contributed by atoms with van der Waals surface area (Å²) in [6, 6.07) is 1.84. The van der Waals surface area contributed by atoms with Crippen LogP contribution in [0, 0.1) is 11.3 Å². The van der Waals surface area contributed by atoms with Crippen molar-refractivity contribution in [2.24, 2.45) is 0 Å². The smallest absolute Gasteiger partial charge is 0.240 e. The van der Waals surface area contributed by atoms with E-state index in [2.05, 4.69) is 4.74 Å². The molecule has 2 nitrogen and oxygen atoms in total. The van der Waals surface area contributed by atoms with E-state index in [-0.39, 0.29) is 26.1 Å². The fourth-order valence-electron chi connectivity index (χ4n) is 0.392. The van der Waals surface area contributed by atoms with Crippen molar-refractivity contribution in [2.45, 2.75) is 19.3 Å². The molecule has 0 N–H and O–H groups in total. The molecule has 0 aromatic carbocycles. The van der Waals surface area contributed by atoms with Crippen LogP contribution < -0.4 is 0 Å². The maximum absolute atomic E-state index is 11.4. The minimum atomic E-state index is -2.30. The molecule has 0 saturated carbocycles. The first-order valence-electron chi connectivity index (χ1n) is 3.00. The van der Waals surface area contributed by atoms with Crippen LogP contribution in [0.2, 0.25) is 0 Å². The molecular formula is C6H9F2NO. The van der Waals surface area contributed by atoms with E-state index in [0.717, 1.165) is 0 Å². The quantitative estimate of drug-likeness (QED) is 0.556. The zero-order valence-electron chi connectivity index (χ0n) is 5.52. The summed E-state index contributed by atoms with van der Waals surface area (Å²) >= 11 is 0. The second kappa shape index (κ2) is 6.43. The third-order valence-electron chi connectivity index (χ3n) is 0.839. The molecule has 0 heterocycles. The van der Waals surface area contributed by atoms with E-state index in [4.69, 9.17) is 5.26 Å². The number of rotatable bonds is 5. The van der Waals surface area contributed by atoms with E-state index in [1.807, 2.05) is 6.07 Å². The molecule has 0 aliphatic rings. The largest absolute Gasteiger partial charge is 0.380 e. The SMILES string of the molecule is N#CCCOCCC(F)F. The summed E-state index contributed by atoms with van der Waals surface area (Å²) in [7, 11) is 0. The Morgan fingerprint density at radius 1 is 1.40 bits per heavy atom. The Morgan fingerprint density at radius 2 is 2.10 bits per heavy atom. The average Bonchev–Trinajstić information content (AvgIpc) is 1.87. The molecule has 0 aliphatic carbocycles. The van der Waals surface area contributed by atoms with Gasteiger partial charge in [0.05, 0.1) is 25.7 Å². The third kappa shape index (κ3) is 7.31. The minimum Gasteiger partial charge on any atom is -0.380 e. The van der Waals surface area contributed by atoms with Gasteiger partial charge in [-0.25, -0.2) is 8.78 Å². The highest BCUT2D eigenvalue weighted by Crippen LogP contribution is 1.98. The zero-order chi connectivity index (χ0) is 7.82. The van der Waals surface area contributed by atoms with Gasteiger partial charge >= 0.3 is 0 Å². The van der Waals surface area contributed by atoms with Crippen molar-refractivity contribution in [2.75, 3.05) is 13.2 Å². The van der Waals surface area contributed by atoms with E-state index < -0.39 is 6.43 Å². The van der Waals surface area contributed by atoms with Gasteiger partial charge in [-0.2, -0.15) is 5.26 Å². The number of nitriles is 1. The topological polar surface area (TPSA) is 33.0 Å². The first-order chi connectivity index (χ1) is 4.77. The molecule has 0 aliphatic heterocycles. The fourth-order valence-corrected chi connectivity index (χ4v) is 0.392. The van der Waals surface area contributed by atoms with E-state index >= 15 is 0 Å². The Morgan fingerprint density at radius 3 is 2.60 bits per heavy atom. The monoisotopic (exact) mass is 149 g/mol. The molecule has 0 saturated heterocycles. The lowest BCUT2D eigenvalue weighted by molar-refractivity contribution is 0.0690. The summed E-state index contributed by atoms with van der Waals surface area (Å²) in [5.41, 5.74) is 0. The van der Waals surface area contributed by atoms with Crippen molar-refractivity contribution in [1.29, 1.82) is 5.26 Å². The molecule has 0 bridgehead atoms. The Kier molecular flexibility index (Phi) is 5.99. The van der Waals surface area contributed by atoms with Gasteiger partial charge in [0.15, 0.2) is 0 Å². The molecule has 58 valence electrons. The van der Waals surface area contributed by atoms with Crippen LogP contribution >= 0.6 is 0 Å². The number of halogens is 2. The van der Waals surface area contributed by atoms with Gasteiger partial charge in [-0.1, -0.05) is 0 Å². The lowest BCUT2D eigenvalue weighted by atomic mass is 10.5. The van der Waals surface area contributed by atoms with Crippen molar-refractivity contribution in [3.63, 3.8) is 0 Å². The molecule has 0 rings (SSSR count). The van der Waals surface area contributed by atoms with Crippen LogP contribution in [-0.2, 0) is 4.74 Å². The minimum absolute atomic E-state index is 0.0410. The molecular weight excluding hydrogens is 140 g/mol. The number of hydrogen-bond acceptors (Lipinski definition) is 2. The standard InChI is InChI=1S/C6H9F2NO/c7-6(8)2-5-10-4-1-3-9/h6H,1-2,4-5H2. The highest BCUT2D eigenvalue weighted by Gasteiger charge is 2.00. The molecule has 0 spiro atoms. The number of ether oxygens (including phenoxy) is 1. The molecule has 0 unspecified atom stereocenters. The van der Waals surface area contributed by atoms with Crippen LogP contribution in [0.25, 0.3) is 0 Å². The second-order valence-electron chi connectivity index (χ2n) is 1.70. The van der Waals surface area contributed by atoms with Crippen LogP contribution in [0.4, 0.5) is 8.78 Å². The number of alkyl halides is 2. The first kappa shape index (κ1) is 9.31. The molecule has 0 atom stereocenters. The van der Waals surface area contributed by atoms with Crippen molar-refractivity contribution >= 4 is 0 Å². The molecule has 0 aromatic rings. The van der Waals surface area contributed by atoms with Crippen LogP contribution in [0.1, 0.15) is 12.8 Å². The van der Waals surface area contributed by atoms with Gasteiger partial charge in [-0.3, -0.25) is 0 Å². The van der Waals surface area contributed by atoms with Gasteiger partial charge in [0.1, 0.15) is 0 Å². The van der Waals surface area contributed by atoms with Gasteiger partial charge in [0.2, 0.25) is 6.43 Å². The summed E-state index contributed by atoms with van der Waals surface area (Å²) in [6.07, 6.45) is -2.28. The van der Waals surface area contributed by atoms with E-state index in [0.29, 0.717) is 0 Å². The summed E-state index contributed by atoms with van der Waals surface area (Å²) < 4.78 is 27.5. The highest BCUT2D eigenvalue weighted by atomic mass is 19.3. The van der Waals surface area contributed by atoms with Crippen LogP contribution in [0.5, 0.6) is 0 Å². The predicted octanol–water partition coefficient (Wildman–Crippen LogP) is 1.57. The van der Waals surface area contributed by atoms with Gasteiger partial charge in [0.25, 0.3) is 0 Å². The summed E-state index contributed by atoms with van der Waals surface area (Å²) in [5.74, 6) is 0. The highest BCUT2D eigenvalue weighted by molar-refractivity contribution is 4.66. The van der Waals surface area contributed by atoms with Gasteiger partial charge in [0, 0.05) is 6.42 Å². The Hall–Kier alpha value is -0.690. The Labute approximate surface area is 58.4 Å². The Balaban J connectivity index is 2.86. The van der Waals surface area contributed by atoms with Crippen molar-refractivity contribution in [1.82, 2.24) is 0 Å². The summed E-state index contributed by atoms with van der Waals surface area (Å²) in [5, 5.41) is 8.00. The molecule has 0 aromatic heterocycles. The molecule has 10 heavy (non-hydrogen) atoms. The van der Waals surface area contributed by atoms with E-state index in [9.17, 15) is 8.78 Å². The van der Waals surface area contributed by atoms with E-state index in [1.165, 1.54) is 0 Å². The van der Waals surface area contributed by atoms with Crippen LogP contribution in [0.3, 0.4) is 0 Å². The number of nitrogens with zero attached hydrogens (tertiary/aromatic N) is 1. The third-order valence-corrected chi connectivity index (χ3v) is 0.839. The molecule has 0 amide bonds. The molecule has 4 heteroatoms. The Bertz CT molecular complexity index is 111. The van der Waals surface area contributed by atoms with Crippen molar-refractivity contribution < 1.29 is 13.5 Å². The number of hydrogen-bond donors (Lipinski definition) is 0. The maximum Gasteiger partial charge on any atom is 0.240 e. The molecule has 0 fully saturated rings. The first-order valence-corrected chi connectivity index (χ1v) is 3.00. The van der Waals surface area contributed by atoms with Crippen LogP contribution in [-0.4, -0.2) is 19.6 Å². The maximum atomic E-state index is 11.4. The predicted molar refractivity (Wildman–Crippen MR) is 31.7 cm³/mol. The van der Waals surface area contributed by atoms with Crippen molar-refractivity contribution in [3.05, 3.63) is 0 Å². The van der Waals surface area contributed by atoms with E-state index in [1.54, 1.807) is 0 Å². The van der Waals surface area contributed by atoms with Crippen LogP contribution in [0.15, 0.2) is 0 Å². The summed E-state index contributed by atoms with van der Waals surface area (Å²) in [6.45, 7) is 0.294. The molecule has 0 radical (unpaired) electrons. The zero-order valence-corrected chi connectivity index (χ0v) is 5.52. The average molecular weight is 149 g/mol. The van der Waals surface area contributed by atoms with Crippen molar-refractivity contribution in [3.8, 4) is 6.07 Å². The van der Waals surface area contributed by atoms with Gasteiger partial charge in [-0.05, 0) is 0 Å². The second-order valence-corrected chi connectivity index (χ2v) is 1.70. The van der Waals surface area contributed by atoms with Gasteiger partial charge < -0.3 is 4.74 Å².